The SMILES string of the molecule is C/C=C/COc1c(C)cc(C)cc1S(=O)(=O)Cl. The molecule has 94 valence electrons. The summed E-state index contributed by atoms with van der Waals surface area (Å²) in [6, 6.07) is 3.37. The van der Waals surface area contributed by atoms with Gasteiger partial charge in [0.2, 0.25) is 0 Å². The third-order valence-electron chi connectivity index (χ3n) is 2.21. The van der Waals surface area contributed by atoms with Crippen molar-refractivity contribution in [3.8, 4) is 5.75 Å². The molecule has 17 heavy (non-hydrogen) atoms. The minimum absolute atomic E-state index is 0.0289. The predicted molar refractivity (Wildman–Crippen MR) is 69.3 cm³/mol. The van der Waals surface area contributed by atoms with Crippen LogP contribution in [0.1, 0.15) is 18.1 Å². The molecule has 0 spiro atoms. The third-order valence-corrected chi connectivity index (χ3v) is 3.53. The van der Waals surface area contributed by atoms with Crippen LogP contribution in [0.25, 0.3) is 0 Å². The molecule has 1 rings (SSSR count). The molecule has 1 aromatic carbocycles. The quantitative estimate of drug-likeness (QED) is 0.626. The number of allylic oxidation sites excluding steroid dienone is 1. The highest BCUT2D eigenvalue weighted by Gasteiger charge is 2.19. The van der Waals surface area contributed by atoms with E-state index in [1.165, 1.54) is 6.07 Å². The van der Waals surface area contributed by atoms with Crippen molar-refractivity contribution >= 4 is 19.7 Å². The van der Waals surface area contributed by atoms with Crippen molar-refractivity contribution in [2.45, 2.75) is 25.7 Å². The van der Waals surface area contributed by atoms with Gasteiger partial charge in [-0.25, -0.2) is 8.42 Å². The fraction of sp³-hybridized carbons (Fsp3) is 0.333. The standard InChI is InChI=1S/C12H15ClO3S/c1-4-5-6-16-12-10(3)7-9(2)8-11(12)17(13,14)15/h4-5,7-8H,6H2,1-3H3/b5-4+. The highest BCUT2D eigenvalue weighted by atomic mass is 35.7. The Kier molecular flexibility index (Phi) is 4.60. The number of aryl methyl sites for hydroxylation is 2. The Morgan fingerprint density at radius 1 is 1.35 bits per heavy atom. The van der Waals surface area contributed by atoms with Crippen LogP contribution in [0, 0.1) is 13.8 Å². The van der Waals surface area contributed by atoms with Gasteiger partial charge in [-0.3, -0.25) is 0 Å². The number of hydrogen-bond acceptors (Lipinski definition) is 3. The molecule has 0 fully saturated rings. The summed E-state index contributed by atoms with van der Waals surface area (Å²) < 4.78 is 28.4. The van der Waals surface area contributed by atoms with E-state index in [0.717, 1.165) is 11.1 Å². The summed E-state index contributed by atoms with van der Waals surface area (Å²) in [5.74, 6) is 0.323. The molecule has 0 unspecified atom stereocenters. The second-order valence-corrected chi connectivity index (χ2v) is 6.26. The minimum Gasteiger partial charge on any atom is -0.488 e. The molecule has 0 aliphatic heterocycles. The second-order valence-electron chi connectivity index (χ2n) is 3.73. The van der Waals surface area contributed by atoms with Gasteiger partial charge in [-0.1, -0.05) is 18.2 Å². The van der Waals surface area contributed by atoms with Crippen LogP contribution in [0.5, 0.6) is 5.75 Å². The molecule has 0 radical (unpaired) electrons. The van der Waals surface area contributed by atoms with Crippen molar-refractivity contribution in [3.63, 3.8) is 0 Å². The first-order valence-corrected chi connectivity index (χ1v) is 7.47. The predicted octanol–water partition coefficient (Wildman–Crippen LogP) is 3.19. The van der Waals surface area contributed by atoms with Crippen LogP contribution in [0.15, 0.2) is 29.2 Å². The molecular weight excluding hydrogens is 260 g/mol. The van der Waals surface area contributed by atoms with Gasteiger partial charge in [-0.2, -0.15) is 0 Å². The minimum atomic E-state index is -3.79. The molecule has 0 aromatic heterocycles. The molecule has 0 saturated heterocycles. The molecule has 5 heteroatoms. The molecular formula is C12H15ClO3S. The average Bonchev–Trinajstić information content (AvgIpc) is 2.19. The van der Waals surface area contributed by atoms with Crippen LogP contribution < -0.4 is 4.74 Å². The zero-order valence-corrected chi connectivity index (χ0v) is 11.6. The summed E-state index contributed by atoms with van der Waals surface area (Å²) in [6.45, 7) is 5.79. The van der Waals surface area contributed by atoms with Crippen LogP contribution in [-0.2, 0) is 9.05 Å². The number of rotatable bonds is 4. The van der Waals surface area contributed by atoms with Crippen LogP contribution >= 0.6 is 10.7 Å². The van der Waals surface area contributed by atoms with Crippen molar-refractivity contribution in [2.75, 3.05) is 6.61 Å². The van der Waals surface area contributed by atoms with E-state index in [4.69, 9.17) is 15.4 Å². The lowest BCUT2D eigenvalue weighted by molar-refractivity contribution is 0.350. The third kappa shape index (κ3) is 3.75. The number of hydrogen-bond donors (Lipinski definition) is 0. The van der Waals surface area contributed by atoms with Gasteiger partial charge in [-0.05, 0) is 38.0 Å². The van der Waals surface area contributed by atoms with Gasteiger partial charge in [0.15, 0.2) is 0 Å². The highest BCUT2D eigenvalue weighted by molar-refractivity contribution is 8.13. The van der Waals surface area contributed by atoms with Gasteiger partial charge in [0.1, 0.15) is 17.3 Å². The smallest absolute Gasteiger partial charge is 0.265 e. The fourth-order valence-corrected chi connectivity index (χ4v) is 2.62. The van der Waals surface area contributed by atoms with Crippen molar-refractivity contribution < 1.29 is 13.2 Å². The highest BCUT2D eigenvalue weighted by Crippen LogP contribution is 2.31. The molecule has 1 aromatic rings. The maximum atomic E-state index is 11.5. The Balaban J connectivity index is 3.26. The van der Waals surface area contributed by atoms with E-state index in [0.29, 0.717) is 12.4 Å². The summed E-state index contributed by atoms with van der Waals surface area (Å²) in [4.78, 5) is 0.0289. The van der Waals surface area contributed by atoms with E-state index in [1.54, 1.807) is 13.0 Å². The Bertz CT molecular complexity index is 533. The van der Waals surface area contributed by atoms with E-state index in [2.05, 4.69) is 0 Å². The Labute approximate surface area is 106 Å². The number of halogens is 1. The zero-order valence-electron chi connectivity index (χ0n) is 10.0. The lowest BCUT2D eigenvalue weighted by Crippen LogP contribution is -2.03. The molecule has 0 amide bonds. The van der Waals surface area contributed by atoms with Gasteiger partial charge >= 0.3 is 0 Å². The molecule has 0 aliphatic rings. The van der Waals surface area contributed by atoms with E-state index >= 15 is 0 Å². The van der Waals surface area contributed by atoms with Crippen molar-refractivity contribution in [1.29, 1.82) is 0 Å². The zero-order chi connectivity index (χ0) is 13.1. The van der Waals surface area contributed by atoms with Gasteiger partial charge in [0.05, 0.1) is 0 Å². The van der Waals surface area contributed by atoms with E-state index < -0.39 is 9.05 Å². The summed E-state index contributed by atoms with van der Waals surface area (Å²) in [7, 11) is 1.60. The maximum Gasteiger partial charge on any atom is 0.265 e. The first-order valence-electron chi connectivity index (χ1n) is 5.16. The van der Waals surface area contributed by atoms with Crippen LogP contribution in [0.4, 0.5) is 0 Å². The normalized spacial score (nSPS) is 12.0. The molecule has 0 N–H and O–H groups in total. The molecule has 0 heterocycles. The molecule has 0 saturated carbocycles. The van der Waals surface area contributed by atoms with Crippen molar-refractivity contribution in [1.82, 2.24) is 0 Å². The number of benzene rings is 1. The van der Waals surface area contributed by atoms with Crippen LogP contribution in [-0.4, -0.2) is 15.0 Å². The van der Waals surface area contributed by atoms with Crippen molar-refractivity contribution in [2.24, 2.45) is 0 Å². The van der Waals surface area contributed by atoms with Gasteiger partial charge in [-0.15, -0.1) is 0 Å². The monoisotopic (exact) mass is 274 g/mol. The maximum absolute atomic E-state index is 11.5. The molecule has 0 aliphatic carbocycles. The second kappa shape index (κ2) is 5.56. The molecule has 3 nitrogen and oxygen atoms in total. The lowest BCUT2D eigenvalue weighted by atomic mass is 10.1. The lowest BCUT2D eigenvalue weighted by Gasteiger charge is -2.12. The average molecular weight is 275 g/mol. The fourth-order valence-electron chi connectivity index (χ4n) is 1.51. The Hall–Kier alpha value is -1.00. The van der Waals surface area contributed by atoms with E-state index in [9.17, 15) is 8.42 Å². The van der Waals surface area contributed by atoms with Gasteiger partial charge in [0, 0.05) is 10.7 Å². The molecule has 0 bridgehead atoms. The van der Waals surface area contributed by atoms with Crippen LogP contribution in [0.3, 0.4) is 0 Å². The van der Waals surface area contributed by atoms with Crippen molar-refractivity contribution in [3.05, 3.63) is 35.4 Å². The largest absolute Gasteiger partial charge is 0.488 e. The van der Waals surface area contributed by atoms with Gasteiger partial charge in [0.25, 0.3) is 9.05 Å². The topological polar surface area (TPSA) is 43.4 Å². The summed E-state index contributed by atoms with van der Waals surface area (Å²) in [5.41, 5.74) is 1.59. The molecule has 0 atom stereocenters. The Morgan fingerprint density at radius 2 is 2.00 bits per heavy atom. The number of ether oxygens (including phenoxy) is 1. The van der Waals surface area contributed by atoms with Crippen LogP contribution in [0.2, 0.25) is 0 Å². The summed E-state index contributed by atoms with van der Waals surface area (Å²) in [5, 5.41) is 0. The Morgan fingerprint density at radius 3 is 2.53 bits per heavy atom. The first kappa shape index (κ1) is 14.1. The van der Waals surface area contributed by atoms with Gasteiger partial charge < -0.3 is 4.74 Å². The summed E-state index contributed by atoms with van der Waals surface area (Å²) >= 11 is 0. The van der Waals surface area contributed by atoms with E-state index in [1.807, 2.05) is 26.0 Å². The summed E-state index contributed by atoms with van der Waals surface area (Å²) in [6.07, 6.45) is 3.63. The first-order chi connectivity index (χ1) is 7.86. The van der Waals surface area contributed by atoms with E-state index in [-0.39, 0.29) is 4.90 Å².